The van der Waals surface area contributed by atoms with Gasteiger partial charge in [0.2, 0.25) is 0 Å². The molecule has 4 rings (SSSR count). The molecule has 1 atom stereocenters. The molecule has 1 amide bonds. The number of hydrogen-bond acceptors (Lipinski definition) is 6. The average molecular weight is 440 g/mol. The molecular formula is C19H19F3N4O3S. The highest BCUT2D eigenvalue weighted by Gasteiger charge is 2.32. The Morgan fingerprint density at radius 3 is 2.90 bits per heavy atom. The number of rotatable bonds is 6. The van der Waals surface area contributed by atoms with Crippen LogP contribution in [0.25, 0.3) is 10.2 Å². The van der Waals surface area contributed by atoms with Crippen LogP contribution in [0.15, 0.2) is 30.5 Å². The maximum atomic E-state index is 13.2. The molecule has 7 nitrogen and oxygen atoms in total. The van der Waals surface area contributed by atoms with Crippen molar-refractivity contribution in [2.24, 2.45) is 0 Å². The standard InChI is InChI=1S/C19H19F3N4O3S/c1-2-25-8-7-15(24-25)17(27)26(11-13-4-3-9-28-13)18-23-14-6-5-12(10-16(14)30-18)29-19(20,21)22/h5-8,10,13H,2-4,9,11H2,1H3. The van der Waals surface area contributed by atoms with E-state index in [9.17, 15) is 18.0 Å². The van der Waals surface area contributed by atoms with Crippen LogP contribution in [0.2, 0.25) is 0 Å². The fourth-order valence-corrected chi connectivity index (χ4v) is 4.24. The summed E-state index contributed by atoms with van der Waals surface area (Å²) in [5.41, 5.74) is 0.754. The molecule has 0 spiro atoms. The van der Waals surface area contributed by atoms with Gasteiger partial charge in [0.05, 0.1) is 22.9 Å². The minimum atomic E-state index is -4.78. The molecule has 0 bridgehead atoms. The maximum Gasteiger partial charge on any atom is 0.573 e. The van der Waals surface area contributed by atoms with Gasteiger partial charge in [-0.2, -0.15) is 5.10 Å². The number of aryl methyl sites for hydroxylation is 1. The number of fused-ring (bicyclic) bond motifs is 1. The molecule has 3 aromatic rings. The van der Waals surface area contributed by atoms with Crippen molar-refractivity contribution in [1.82, 2.24) is 14.8 Å². The van der Waals surface area contributed by atoms with E-state index in [2.05, 4.69) is 14.8 Å². The SMILES string of the molecule is CCn1ccc(C(=O)N(CC2CCCO2)c2nc3ccc(OC(F)(F)F)cc3s2)n1. The van der Waals surface area contributed by atoms with E-state index in [0.717, 1.165) is 24.2 Å². The summed E-state index contributed by atoms with van der Waals surface area (Å²) in [5.74, 6) is -0.660. The molecule has 2 aromatic heterocycles. The summed E-state index contributed by atoms with van der Waals surface area (Å²) in [6, 6.07) is 5.55. The minimum Gasteiger partial charge on any atom is -0.406 e. The zero-order valence-electron chi connectivity index (χ0n) is 16.1. The number of thiazole rings is 1. The molecule has 1 aliphatic rings. The van der Waals surface area contributed by atoms with Crippen LogP contribution in [0.5, 0.6) is 5.75 Å². The number of hydrogen-bond donors (Lipinski definition) is 0. The number of carbonyl (C=O) groups is 1. The van der Waals surface area contributed by atoms with Crippen molar-refractivity contribution in [3.8, 4) is 5.75 Å². The predicted molar refractivity (Wildman–Crippen MR) is 105 cm³/mol. The van der Waals surface area contributed by atoms with Crippen molar-refractivity contribution in [3.05, 3.63) is 36.2 Å². The van der Waals surface area contributed by atoms with Crippen molar-refractivity contribution in [3.63, 3.8) is 0 Å². The summed E-state index contributed by atoms with van der Waals surface area (Å²) in [6.45, 7) is 3.47. The molecule has 1 aliphatic heterocycles. The molecule has 160 valence electrons. The third kappa shape index (κ3) is 4.57. The van der Waals surface area contributed by atoms with Crippen LogP contribution in [-0.2, 0) is 11.3 Å². The Hall–Kier alpha value is -2.66. The molecule has 1 fully saturated rings. The number of benzene rings is 1. The molecule has 1 saturated heterocycles. The largest absolute Gasteiger partial charge is 0.573 e. The maximum absolute atomic E-state index is 13.2. The molecular weight excluding hydrogens is 421 g/mol. The van der Waals surface area contributed by atoms with Crippen molar-refractivity contribution >= 4 is 32.6 Å². The van der Waals surface area contributed by atoms with Gasteiger partial charge in [-0.15, -0.1) is 13.2 Å². The van der Waals surface area contributed by atoms with Gasteiger partial charge >= 0.3 is 6.36 Å². The molecule has 30 heavy (non-hydrogen) atoms. The third-order valence-electron chi connectivity index (χ3n) is 4.65. The summed E-state index contributed by atoms with van der Waals surface area (Å²) < 4.78 is 49.3. The Balaban J connectivity index is 1.66. The number of aromatic nitrogens is 3. The molecule has 3 heterocycles. The monoisotopic (exact) mass is 440 g/mol. The molecule has 0 N–H and O–H groups in total. The van der Waals surface area contributed by atoms with Crippen LogP contribution >= 0.6 is 11.3 Å². The predicted octanol–water partition coefficient (Wildman–Crippen LogP) is 4.24. The van der Waals surface area contributed by atoms with Gasteiger partial charge in [-0.3, -0.25) is 14.4 Å². The van der Waals surface area contributed by atoms with Crippen molar-refractivity contribution in [2.75, 3.05) is 18.1 Å². The number of ether oxygens (including phenoxy) is 2. The van der Waals surface area contributed by atoms with E-state index < -0.39 is 6.36 Å². The first kappa shape index (κ1) is 20.6. The van der Waals surface area contributed by atoms with Crippen LogP contribution in [0, 0.1) is 0 Å². The van der Waals surface area contributed by atoms with Gasteiger partial charge in [-0.05, 0) is 38.0 Å². The van der Waals surface area contributed by atoms with Crippen LogP contribution in [0.4, 0.5) is 18.3 Å². The Morgan fingerprint density at radius 1 is 1.40 bits per heavy atom. The second kappa shape index (κ2) is 8.23. The van der Waals surface area contributed by atoms with Gasteiger partial charge in [0.1, 0.15) is 5.75 Å². The van der Waals surface area contributed by atoms with Crippen molar-refractivity contribution in [1.29, 1.82) is 0 Å². The lowest BCUT2D eigenvalue weighted by atomic mass is 10.2. The number of alkyl halides is 3. The first-order valence-electron chi connectivity index (χ1n) is 9.45. The van der Waals surface area contributed by atoms with Crippen LogP contribution in [0.1, 0.15) is 30.3 Å². The topological polar surface area (TPSA) is 69.5 Å². The highest BCUT2D eigenvalue weighted by Crippen LogP contribution is 2.34. The van der Waals surface area contributed by atoms with E-state index in [1.54, 1.807) is 16.9 Å². The van der Waals surface area contributed by atoms with Gasteiger partial charge in [-0.1, -0.05) is 11.3 Å². The molecule has 0 radical (unpaired) electrons. The Kier molecular flexibility index (Phi) is 5.65. The molecule has 1 unspecified atom stereocenters. The van der Waals surface area contributed by atoms with Gasteiger partial charge in [0.25, 0.3) is 5.91 Å². The Bertz CT molecular complexity index is 1040. The second-order valence-electron chi connectivity index (χ2n) is 6.78. The normalized spacial score (nSPS) is 16.9. The molecule has 0 saturated carbocycles. The summed E-state index contributed by atoms with van der Waals surface area (Å²) >= 11 is 1.12. The van der Waals surface area contributed by atoms with E-state index in [-0.39, 0.29) is 23.5 Å². The Morgan fingerprint density at radius 2 is 2.23 bits per heavy atom. The summed E-state index contributed by atoms with van der Waals surface area (Å²) in [7, 11) is 0. The quantitative estimate of drug-likeness (QED) is 0.574. The van der Waals surface area contributed by atoms with E-state index >= 15 is 0 Å². The first-order valence-corrected chi connectivity index (χ1v) is 10.3. The number of halogens is 3. The fourth-order valence-electron chi connectivity index (χ4n) is 3.24. The summed E-state index contributed by atoms with van der Waals surface area (Å²) in [5, 5.41) is 4.65. The van der Waals surface area contributed by atoms with Gasteiger partial charge < -0.3 is 9.47 Å². The van der Waals surface area contributed by atoms with Crippen LogP contribution < -0.4 is 9.64 Å². The number of carbonyl (C=O) groups excluding carboxylic acids is 1. The number of amides is 1. The zero-order chi connectivity index (χ0) is 21.3. The molecule has 11 heteroatoms. The smallest absolute Gasteiger partial charge is 0.406 e. The fraction of sp³-hybridized carbons (Fsp3) is 0.421. The summed E-state index contributed by atoms with van der Waals surface area (Å²) in [4.78, 5) is 19.1. The third-order valence-corrected chi connectivity index (χ3v) is 5.69. The van der Waals surface area contributed by atoms with Crippen LogP contribution in [-0.4, -0.2) is 46.3 Å². The lowest BCUT2D eigenvalue weighted by molar-refractivity contribution is -0.274. The van der Waals surface area contributed by atoms with E-state index in [0.29, 0.717) is 35.0 Å². The van der Waals surface area contributed by atoms with E-state index in [1.165, 1.54) is 23.1 Å². The van der Waals surface area contributed by atoms with Gasteiger partial charge in [0.15, 0.2) is 10.8 Å². The van der Waals surface area contributed by atoms with Crippen molar-refractivity contribution in [2.45, 2.75) is 38.8 Å². The minimum absolute atomic E-state index is 0.127. The van der Waals surface area contributed by atoms with Gasteiger partial charge in [0, 0.05) is 25.4 Å². The zero-order valence-corrected chi connectivity index (χ0v) is 16.9. The Labute approximate surface area is 174 Å². The number of anilines is 1. The lowest BCUT2D eigenvalue weighted by Gasteiger charge is -2.22. The van der Waals surface area contributed by atoms with E-state index in [4.69, 9.17) is 4.74 Å². The molecule has 0 aliphatic carbocycles. The lowest BCUT2D eigenvalue weighted by Crippen LogP contribution is -2.37. The first-order chi connectivity index (χ1) is 14.3. The number of nitrogens with zero attached hydrogens (tertiary/aromatic N) is 4. The average Bonchev–Trinajstić information content (AvgIpc) is 3.43. The van der Waals surface area contributed by atoms with E-state index in [1.807, 2.05) is 6.92 Å². The summed E-state index contributed by atoms with van der Waals surface area (Å²) in [6.07, 6.45) is -1.45. The second-order valence-corrected chi connectivity index (χ2v) is 7.79. The van der Waals surface area contributed by atoms with Gasteiger partial charge in [-0.25, -0.2) is 4.98 Å². The highest BCUT2D eigenvalue weighted by atomic mass is 32.1. The van der Waals surface area contributed by atoms with Crippen LogP contribution in [0.3, 0.4) is 0 Å². The van der Waals surface area contributed by atoms with Crippen molar-refractivity contribution < 1.29 is 27.4 Å². The molecule has 1 aromatic carbocycles. The highest BCUT2D eigenvalue weighted by molar-refractivity contribution is 7.22.